The molecule has 3 nitrogen and oxygen atoms in total. The SMILES string of the molecule is CCC1(CC)CNC(C)C(c2ccc(F)cn2)O1. The Labute approximate surface area is 108 Å². The molecule has 2 unspecified atom stereocenters. The largest absolute Gasteiger partial charge is 0.363 e. The highest BCUT2D eigenvalue weighted by molar-refractivity contribution is 5.12. The Morgan fingerprint density at radius 2 is 2.17 bits per heavy atom. The van der Waals surface area contributed by atoms with Crippen molar-refractivity contribution in [2.75, 3.05) is 6.54 Å². The van der Waals surface area contributed by atoms with E-state index in [1.54, 1.807) is 6.07 Å². The van der Waals surface area contributed by atoms with E-state index in [2.05, 4.69) is 31.1 Å². The van der Waals surface area contributed by atoms with Crippen molar-refractivity contribution < 1.29 is 9.13 Å². The molecule has 1 aromatic rings. The van der Waals surface area contributed by atoms with E-state index >= 15 is 0 Å². The lowest BCUT2D eigenvalue weighted by Gasteiger charge is -2.44. The molecule has 4 heteroatoms. The maximum atomic E-state index is 12.9. The van der Waals surface area contributed by atoms with Crippen molar-refractivity contribution in [2.24, 2.45) is 0 Å². The van der Waals surface area contributed by atoms with E-state index in [0.29, 0.717) is 0 Å². The van der Waals surface area contributed by atoms with Crippen LogP contribution in [0.2, 0.25) is 0 Å². The van der Waals surface area contributed by atoms with E-state index in [1.807, 2.05) is 0 Å². The summed E-state index contributed by atoms with van der Waals surface area (Å²) in [4.78, 5) is 4.15. The van der Waals surface area contributed by atoms with Gasteiger partial charge in [-0.3, -0.25) is 4.98 Å². The molecule has 1 fully saturated rings. The van der Waals surface area contributed by atoms with Crippen molar-refractivity contribution in [3.05, 3.63) is 29.8 Å². The molecule has 0 radical (unpaired) electrons. The van der Waals surface area contributed by atoms with Crippen molar-refractivity contribution in [1.82, 2.24) is 10.3 Å². The number of morpholine rings is 1. The third-order valence-corrected chi connectivity index (χ3v) is 3.91. The molecular weight excluding hydrogens is 231 g/mol. The van der Waals surface area contributed by atoms with Crippen LogP contribution in [-0.4, -0.2) is 23.2 Å². The van der Waals surface area contributed by atoms with Crippen LogP contribution in [0.5, 0.6) is 0 Å². The molecule has 100 valence electrons. The summed E-state index contributed by atoms with van der Waals surface area (Å²) >= 11 is 0. The van der Waals surface area contributed by atoms with Crippen molar-refractivity contribution in [2.45, 2.75) is 51.4 Å². The van der Waals surface area contributed by atoms with E-state index in [1.165, 1.54) is 12.3 Å². The summed E-state index contributed by atoms with van der Waals surface area (Å²) in [6, 6.07) is 3.33. The predicted octanol–water partition coefficient (Wildman–Crippen LogP) is 2.83. The quantitative estimate of drug-likeness (QED) is 0.898. The molecule has 18 heavy (non-hydrogen) atoms. The zero-order valence-corrected chi connectivity index (χ0v) is 11.2. The molecule has 0 amide bonds. The lowest BCUT2D eigenvalue weighted by Crippen LogP contribution is -2.54. The molecule has 0 aliphatic carbocycles. The van der Waals surface area contributed by atoms with Crippen LogP contribution in [0.3, 0.4) is 0 Å². The highest BCUT2D eigenvalue weighted by Crippen LogP contribution is 2.34. The first kappa shape index (κ1) is 13.4. The van der Waals surface area contributed by atoms with Gasteiger partial charge < -0.3 is 10.1 Å². The first-order chi connectivity index (χ1) is 8.60. The van der Waals surface area contributed by atoms with Crippen LogP contribution < -0.4 is 5.32 Å². The molecule has 0 aromatic carbocycles. The summed E-state index contributed by atoms with van der Waals surface area (Å²) < 4.78 is 19.2. The third-order valence-electron chi connectivity index (χ3n) is 3.91. The predicted molar refractivity (Wildman–Crippen MR) is 68.8 cm³/mol. The normalized spacial score (nSPS) is 27.1. The maximum absolute atomic E-state index is 12.9. The summed E-state index contributed by atoms with van der Waals surface area (Å²) in [6.07, 6.45) is 3.06. The number of ether oxygens (including phenoxy) is 1. The van der Waals surface area contributed by atoms with Crippen LogP contribution in [0.1, 0.15) is 45.4 Å². The second-order valence-electron chi connectivity index (χ2n) is 5.00. The van der Waals surface area contributed by atoms with Gasteiger partial charge in [-0.25, -0.2) is 4.39 Å². The van der Waals surface area contributed by atoms with Crippen LogP contribution >= 0.6 is 0 Å². The van der Waals surface area contributed by atoms with Crippen LogP contribution in [0.4, 0.5) is 4.39 Å². The fourth-order valence-corrected chi connectivity index (χ4v) is 2.41. The Hall–Kier alpha value is -1.00. The molecule has 1 aromatic heterocycles. The monoisotopic (exact) mass is 252 g/mol. The van der Waals surface area contributed by atoms with Crippen LogP contribution in [0.25, 0.3) is 0 Å². The summed E-state index contributed by atoms with van der Waals surface area (Å²) in [5.74, 6) is -0.313. The van der Waals surface area contributed by atoms with E-state index in [-0.39, 0.29) is 23.6 Å². The van der Waals surface area contributed by atoms with Gasteiger partial charge in [-0.05, 0) is 31.9 Å². The Balaban J connectivity index is 2.22. The number of halogens is 1. The Kier molecular flexibility index (Phi) is 3.97. The average Bonchev–Trinajstić information content (AvgIpc) is 2.41. The third kappa shape index (κ3) is 2.54. The highest BCUT2D eigenvalue weighted by Gasteiger charge is 2.38. The maximum Gasteiger partial charge on any atom is 0.141 e. The second-order valence-corrected chi connectivity index (χ2v) is 5.00. The minimum atomic E-state index is -0.313. The lowest BCUT2D eigenvalue weighted by atomic mass is 9.92. The van der Waals surface area contributed by atoms with E-state index in [0.717, 1.165) is 25.1 Å². The Bertz CT molecular complexity index is 389. The summed E-state index contributed by atoms with van der Waals surface area (Å²) in [7, 11) is 0. The standard InChI is InChI=1S/C14H21FN2O/c1-4-14(5-2)9-17-10(3)13(18-14)12-7-6-11(15)8-16-12/h6-8,10,13,17H,4-5,9H2,1-3H3. The van der Waals surface area contributed by atoms with E-state index < -0.39 is 0 Å². The lowest BCUT2D eigenvalue weighted by molar-refractivity contribution is -0.140. The average molecular weight is 252 g/mol. The van der Waals surface area contributed by atoms with Gasteiger partial charge in [0.15, 0.2) is 0 Å². The minimum Gasteiger partial charge on any atom is -0.363 e. The fourth-order valence-electron chi connectivity index (χ4n) is 2.41. The fraction of sp³-hybridized carbons (Fsp3) is 0.643. The molecule has 2 atom stereocenters. The molecule has 1 aliphatic rings. The molecule has 1 saturated heterocycles. The number of rotatable bonds is 3. The van der Waals surface area contributed by atoms with Gasteiger partial charge in [0.1, 0.15) is 11.9 Å². The number of nitrogens with zero attached hydrogens (tertiary/aromatic N) is 1. The molecule has 0 saturated carbocycles. The first-order valence-corrected chi connectivity index (χ1v) is 6.63. The smallest absolute Gasteiger partial charge is 0.141 e. The van der Waals surface area contributed by atoms with E-state index in [9.17, 15) is 4.39 Å². The number of hydrogen-bond donors (Lipinski definition) is 1. The van der Waals surface area contributed by atoms with Gasteiger partial charge in [-0.15, -0.1) is 0 Å². The molecule has 2 rings (SSSR count). The molecule has 0 bridgehead atoms. The van der Waals surface area contributed by atoms with Gasteiger partial charge in [-0.2, -0.15) is 0 Å². The highest BCUT2D eigenvalue weighted by atomic mass is 19.1. The van der Waals surface area contributed by atoms with Crippen molar-refractivity contribution in [3.63, 3.8) is 0 Å². The molecule has 1 N–H and O–H groups in total. The van der Waals surface area contributed by atoms with Crippen LogP contribution in [0.15, 0.2) is 18.3 Å². The minimum absolute atomic E-state index is 0.112. The number of nitrogens with one attached hydrogen (secondary N) is 1. The number of aromatic nitrogens is 1. The van der Waals surface area contributed by atoms with Crippen molar-refractivity contribution >= 4 is 0 Å². The zero-order valence-electron chi connectivity index (χ0n) is 11.2. The number of hydrogen-bond acceptors (Lipinski definition) is 3. The van der Waals surface area contributed by atoms with Gasteiger partial charge >= 0.3 is 0 Å². The zero-order chi connectivity index (χ0) is 13.2. The van der Waals surface area contributed by atoms with Crippen molar-refractivity contribution in [1.29, 1.82) is 0 Å². The Morgan fingerprint density at radius 3 is 2.72 bits per heavy atom. The first-order valence-electron chi connectivity index (χ1n) is 6.63. The van der Waals surface area contributed by atoms with Gasteiger partial charge in [0.2, 0.25) is 0 Å². The second kappa shape index (κ2) is 5.33. The van der Waals surface area contributed by atoms with Gasteiger partial charge in [-0.1, -0.05) is 13.8 Å². The molecule has 1 aliphatic heterocycles. The molecule has 0 spiro atoms. The summed E-state index contributed by atoms with van der Waals surface area (Å²) in [5.41, 5.74) is 0.662. The van der Waals surface area contributed by atoms with Crippen LogP contribution in [-0.2, 0) is 4.74 Å². The van der Waals surface area contributed by atoms with Crippen LogP contribution in [0, 0.1) is 5.82 Å². The van der Waals surface area contributed by atoms with Gasteiger partial charge in [0.25, 0.3) is 0 Å². The Morgan fingerprint density at radius 1 is 1.44 bits per heavy atom. The van der Waals surface area contributed by atoms with Gasteiger partial charge in [0, 0.05) is 12.6 Å². The molecule has 2 heterocycles. The van der Waals surface area contributed by atoms with Crippen molar-refractivity contribution in [3.8, 4) is 0 Å². The number of pyridine rings is 1. The van der Waals surface area contributed by atoms with E-state index in [4.69, 9.17) is 4.74 Å². The van der Waals surface area contributed by atoms with Gasteiger partial charge in [0.05, 0.1) is 17.5 Å². The summed E-state index contributed by atoms with van der Waals surface area (Å²) in [5, 5.41) is 3.48. The topological polar surface area (TPSA) is 34.2 Å². The summed E-state index contributed by atoms with van der Waals surface area (Å²) in [6.45, 7) is 7.20. The molecular formula is C14H21FN2O.